The SMILES string of the molecule is Cc1cc(C(=O)N2CCN(C(=O)c3ccco3)CC2)nn1-c1ccccc1. The molecule has 0 bridgehead atoms. The van der Waals surface area contributed by atoms with Gasteiger partial charge >= 0.3 is 0 Å². The Labute approximate surface area is 156 Å². The van der Waals surface area contributed by atoms with Crippen LogP contribution in [0, 0.1) is 6.92 Å². The molecule has 2 amide bonds. The summed E-state index contributed by atoms with van der Waals surface area (Å²) in [5, 5.41) is 4.48. The van der Waals surface area contributed by atoms with Crippen LogP contribution < -0.4 is 0 Å². The van der Waals surface area contributed by atoms with Crippen LogP contribution in [-0.2, 0) is 0 Å². The second-order valence-corrected chi connectivity index (χ2v) is 6.48. The highest BCUT2D eigenvalue weighted by molar-refractivity contribution is 5.93. The number of aromatic nitrogens is 2. The Bertz CT molecular complexity index is 939. The molecule has 7 heteroatoms. The molecule has 0 radical (unpaired) electrons. The third kappa shape index (κ3) is 3.36. The number of furan rings is 1. The van der Waals surface area contributed by atoms with Crippen LogP contribution in [-0.4, -0.2) is 57.6 Å². The molecule has 0 spiro atoms. The fourth-order valence-corrected chi connectivity index (χ4v) is 3.24. The molecule has 1 aliphatic heterocycles. The lowest BCUT2D eigenvalue weighted by Gasteiger charge is -2.33. The van der Waals surface area contributed by atoms with Gasteiger partial charge in [0.2, 0.25) is 0 Å². The van der Waals surface area contributed by atoms with Crippen LogP contribution in [0.5, 0.6) is 0 Å². The summed E-state index contributed by atoms with van der Waals surface area (Å²) in [6.07, 6.45) is 1.48. The molecule has 0 unspecified atom stereocenters. The minimum atomic E-state index is -0.142. The second-order valence-electron chi connectivity index (χ2n) is 6.48. The molecule has 0 aliphatic carbocycles. The number of para-hydroxylation sites is 1. The predicted octanol–water partition coefficient (Wildman–Crippen LogP) is 2.37. The van der Waals surface area contributed by atoms with Crippen molar-refractivity contribution >= 4 is 11.8 Å². The lowest BCUT2D eigenvalue weighted by Crippen LogP contribution is -2.50. The van der Waals surface area contributed by atoms with E-state index in [0.29, 0.717) is 37.6 Å². The highest BCUT2D eigenvalue weighted by Crippen LogP contribution is 2.15. The van der Waals surface area contributed by atoms with Crippen LogP contribution in [0.15, 0.2) is 59.2 Å². The number of carbonyl (C=O) groups excluding carboxylic acids is 2. The Morgan fingerprint density at radius 3 is 2.22 bits per heavy atom. The van der Waals surface area contributed by atoms with Gasteiger partial charge in [-0.05, 0) is 37.3 Å². The number of amides is 2. The molecule has 0 saturated carbocycles. The average molecular weight is 364 g/mol. The number of nitrogens with zero attached hydrogens (tertiary/aromatic N) is 4. The maximum Gasteiger partial charge on any atom is 0.289 e. The van der Waals surface area contributed by atoms with Crippen LogP contribution in [0.4, 0.5) is 0 Å². The number of hydrogen-bond acceptors (Lipinski definition) is 4. The predicted molar refractivity (Wildman–Crippen MR) is 98.8 cm³/mol. The Balaban J connectivity index is 1.43. The van der Waals surface area contributed by atoms with Crippen LogP contribution in [0.2, 0.25) is 0 Å². The zero-order valence-electron chi connectivity index (χ0n) is 15.0. The topological polar surface area (TPSA) is 71.6 Å². The molecule has 27 heavy (non-hydrogen) atoms. The number of hydrogen-bond donors (Lipinski definition) is 0. The first-order valence-corrected chi connectivity index (χ1v) is 8.87. The molecular weight excluding hydrogens is 344 g/mol. The van der Waals surface area contributed by atoms with Crippen molar-refractivity contribution in [3.8, 4) is 5.69 Å². The largest absolute Gasteiger partial charge is 0.459 e. The van der Waals surface area contributed by atoms with Crippen molar-refractivity contribution in [2.24, 2.45) is 0 Å². The molecular formula is C20H20N4O3. The van der Waals surface area contributed by atoms with Crippen molar-refractivity contribution < 1.29 is 14.0 Å². The molecule has 0 N–H and O–H groups in total. The number of rotatable bonds is 3. The van der Waals surface area contributed by atoms with Gasteiger partial charge in [0.25, 0.3) is 11.8 Å². The van der Waals surface area contributed by atoms with Crippen molar-refractivity contribution in [3.63, 3.8) is 0 Å². The summed E-state index contributed by atoms with van der Waals surface area (Å²) in [6.45, 7) is 3.83. The maximum atomic E-state index is 12.8. The summed E-state index contributed by atoms with van der Waals surface area (Å²) in [5.41, 5.74) is 2.24. The highest BCUT2D eigenvalue weighted by atomic mass is 16.3. The number of benzene rings is 1. The average Bonchev–Trinajstić information content (AvgIpc) is 3.38. The zero-order chi connectivity index (χ0) is 18.8. The lowest BCUT2D eigenvalue weighted by atomic mass is 10.2. The van der Waals surface area contributed by atoms with E-state index in [9.17, 15) is 9.59 Å². The Morgan fingerprint density at radius 1 is 0.926 bits per heavy atom. The molecule has 4 rings (SSSR count). The number of piperazine rings is 1. The van der Waals surface area contributed by atoms with Crippen LogP contribution in [0.3, 0.4) is 0 Å². The first-order valence-electron chi connectivity index (χ1n) is 8.87. The third-order valence-corrected chi connectivity index (χ3v) is 4.69. The maximum absolute atomic E-state index is 12.8. The van der Waals surface area contributed by atoms with E-state index in [1.165, 1.54) is 6.26 Å². The van der Waals surface area contributed by atoms with E-state index in [1.54, 1.807) is 32.7 Å². The van der Waals surface area contributed by atoms with Crippen LogP contribution >= 0.6 is 0 Å². The second kappa shape index (κ2) is 7.11. The molecule has 1 aromatic carbocycles. The quantitative estimate of drug-likeness (QED) is 0.715. The van der Waals surface area contributed by atoms with Crippen molar-refractivity contribution in [1.82, 2.24) is 19.6 Å². The molecule has 7 nitrogen and oxygen atoms in total. The highest BCUT2D eigenvalue weighted by Gasteiger charge is 2.28. The van der Waals surface area contributed by atoms with Crippen molar-refractivity contribution in [3.05, 3.63) is 71.9 Å². The fraction of sp³-hybridized carbons (Fsp3) is 0.250. The van der Waals surface area contributed by atoms with Crippen molar-refractivity contribution in [1.29, 1.82) is 0 Å². The summed E-state index contributed by atoms with van der Waals surface area (Å²) < 4.78 is 6.93. The van der Waals surface area contributed by atoms with E-state index in [0.717, 1.165) is 11.4 Å². The normalized spacial score (nSPS) is 14.4. The zero-order valence-corrected chi connectivity index (χ0v) is 15.0. The molecule has 3 heterocycles. The van der Waals surface area contributed by atoms with E-state index >= 15 is 0 Å². The van der Waals surface area contributed by atoms with E-state index in [1.807, 2.05) is 37.3 Å². The Hall–Kier alpha value is -3.35. The molecule has 3 aromatic rings. The monoisotopic (exact) mass is 364 g/mol. The first-order chi connectivity index (χ1) is 13.1. The molecule has 0 atom stereocenters. The minimum absolute atomic E-state index is 0.113. The van der Waals surface area contributed by atoms with Gasteiger partial charge in [-0.25, -0.2) is 4.68 Å². The Morgan fingerprint density at radius 2 is 1.59 bits per heavy atom. The molecule has 2 aromatic heterocycles. The first kappa shape index (κ1) is 17.1. The molecule has 1 saturated heterocycles. The lowest BCUT2D eigenvalue weighted by molar-refractivity contribution is 0.0515. The van der Waals surface area contributed by atoms with Gasteiger partial charge in [0.05, 0.1) is 12.0 Å². The number of carbonyl (C=O) groups is 2. The van der Waals surface area contributed by atoms with Gasteiger partial charge < -0.3 is 14.2 Å². The minimum Gasteiger partial charge on any atom is -0.459 e. The van der Waals surface area contributed by atoms with E-state index in [4.69, 9.17) is 4.42 Å². The summed E-state index contributed by atoms with van der Waals surface area (Å²) >= 11 is 0. The van der Waals surface area contributed by atoms with Gasteiger partial charge in [0.15, 0.2) is 11.5 Å². The van der Waals surface area contributed by atoms with E-state index in [2.05, 4.69) is 5.10 Å². The van der Waals surface area contributed by atoms with Crippen LogP contribution in [0.25, 0.3) is 5.69 Å². The fourth-order valence-electron chi connectivity index (χ4n) is 3.24. The summed E-state index contributed by atoms with van der Waals surface area (Å²) in [7, 11) is 0. The van der Waals surface area contributed by atoms with Crippen molar-refractivity contribution in [2.45, 2.75) is 6.92 Å². The van der Waals surface area contributed by atoms with Gasteiger partial charge in [-0.2, -0.15) is 5.10 Å². The van der Waals surface area contributed by atoms with E-state index in [-0.39, 0.29) is 11.8 Å². The Kier molecular flexibility index (Phi) is 4.50. The van der Waals surface area contributed by atoms with E-state index < -0.39 is 0 Å². The third-order valence-electron chi connectivity index (χ3n) is 4.69. The standard InChI is InChI=1S/C20H20N4O3/c1-15-14-17(21-24(15)16-6-3-2-4-7-16)19(25)22-9-11-23(12-10-22)20(26)18-8-5-13-27-18/h2-8,13-14H,9-12H2,1H3. The van der Waals surface area contributed by atoms with Gasteiger partial charge in [-0.3, -0.25) is 9.59 Å². The van der Waals surface area contributed by atoms with Gasteiger partial charge in [0, 0.05) is 31.9 Å². The summed E-state index contributed by atoms with van der Waals surface area (Å²) in [4.78, 5) is 28.6. The van der Waals surface area contributed by atoms with Crippen LogP contribution in [0.1, 0.15) is 26.7 Å². The van der Waals surface area contributed by atoms with Gasteiger partial charge in [-0.15, -0.1) is 0 Å². The number of aryl methyl sites for hydroxylation is 1. The molecule has 1 aliphatic rings. The van der Waals surface area contributed by atoms with Crippen molar-refractivity contribution in [2.75, 3.05) is 26.2 Å². The molecule has 1 fully saturated rings. The summed E-state index contributed by atoms with van der Waals surface area (Å²) in [6, 6.07) is 14.9. The molecule has 138 valence electrons. The van der Waals surface area contributed by atoms with Gasteiger partial charge in [-0.1, -0.05) is 18.2 Å². The summed E-state index contributed by atoms with van der Waals surface area (Å²) in [5.74, 6) is 0.0705. The van der Waals surface area contributed by atoms with Gasteiger partial charge in [0.1, 0.15) is 0 Å². The smallest absolute Gasteiger partial charge is 0.289 e.